The standard InChI is InChI=1S/C14H13BrClFN2/c15-13-5-4-10(17)7-12(13)14(8-18)19-11-3-1-2-9(16)6-11/h1-7,14,19H,8,18H2. The highest BCUT2D eigenvalue weighted by Crippen LogP contribution is 2.27. The Morgan fingerprint density at radius 3 is 2.74 bits per heavy atom. The molecule has 0 aliphatic carbocycles. The monoisotopic (exact) mass is 342 g/mol. The maximum atomic E-state index is 13.3. The van der Waals surface area contributed by atoms with Gasteiger partial charge in [0.1, 0.15) is 5.82 Å². The molecule has 2 aromatic rings. The molecule has 0 aliphatic rings. The Balaban J connectivity index is 2.27. The predicted octanol–water partition coefficient (Wildman–Crippen LogP) is 4.35. The van der Waals surface area contributed by atoms with Crippen molar-refractivity contribution in [2.45, 2.75) is 6.04 Å². The van der Waals surface area contributed by atoms with Crippen molar-refractivity contribution in [2.75, 3.05) is 11.9 Å². The molecule has 2 aromatic carbocycles. The Labute approximate surface area is 124 Å². The van der Waals surface area contributed by atoms with Crippen LogP contribution in [0.3, 0.4) is 0 Å². The number of anilines is 1. The molecule has 0 radical (unpaired) electrons. The van der Waals surface area contributed by atoms with Crippen molar-refractivity contribution in [3.8, 4) is 0 Å². The van der Waals surface area contributed by atoms with Gasteiger partial charge in [-0.3, -0.25) is 0 Å². The van der Waals surface area contributed by atoms with Crippen molar-refractivity contribution in [3.05, 3.63) is 63.3 Å². The Hall–Kier alpha value is -1.10. The molecule has 0 aromatic heterocycles. The summed E-state index contributed by atoms with van der Waals surface area (Å²) in [5.41, 5.74) is 7.40. The normalized spacial score (nSPS) is 12.2. The van der Waals surface area contributed by atoms with E-state index in [1.54, 1.807) is 18.2 Å². The van der Waals surface area contributed by atoms with E-state index >= 15 is 0 Å². The van der Waals surface area contributed by atoms with Crippen LogP contribution >= 0.6 is 27.5 Å². The molecule has 0 bridgehead atoms. The summed E-state index contributed by atoms with van der Waals surface area (Å²) in [6.45, 7) is 0.342. The zero-order chi connectivity index (χ0) is 13.8. The second-order valence-corrected chi connectivity index (χ2v) is 5.40. The third kappa shape index (κ3) is 3.69. The van der Waals surface area contributed by atoms with Gasteiger partial charge in [0.15, 0.2) is 0 Å². The van der Waals surface area contributed by atoms with Crippen LogP contribution in [0.2, 0.25) is 5.02 Å². The number of benzene rings is 2. The van der Waals surface area contributed by atoms with E-state index in [9.17, 15) is 4.39 Å². The summed E-state index contributed by atoms with van der Waals surface area (Å²) in [7, 11) is 0. The number of hydrogen-bond acceptors (Lipinski definition) is 2. The number of nitrogens with two attached hydrogens (primary N) is 1. The average molecular weight is 344 g/mol. The van der Waals surface area contributed by atoms with E-state index < -0.39 is 0 Å². The van der Waals surface area contributed by atoms with Gasteiger partial charge in [0.05, 0.1) is 6.04 Å². The van der Waals surface area contributed by atoms with Gasteiger partial charge in [0, 0.05) is 21.7 Å². The highest BCUT2D eigenvalue weighted by atomic mass is 79.9. The van der Waals surface area contributed by atoms with Gasteiger partial charge in [-0.2, -0.15) is 0 Å². The molecular formula is C14H13BrClFN2. The maximum Gasteiger partial charge on any atom is 0.123 e. The van der Waals surface area contributed by atoms with Crippen molar-refractivity contribution < 1.29 is 4.39 Å². The van der Waals surface area contributed by atoms with Gasteiger partial charge in [0.2, 0.25) is 0 Å². The van der Waals surface area contributed by atoms with E-state index in [0.29, 0.717) is 11.6 Å². The quantitative estimate of drug-likeness (QED) is 0.866. The van der Waals surface area contributed by atoms with Gasteiger partial charge in [-0.05, 0) is 42.0 Å². The van der Waals surface area contributed by atoms with Crippen LogP contribution in [0.15, 0.2) is 46.9 Å². The first-order valence-corrected chi connectivity index (χ1v) is 6.94. The van der Waals surface area contributed by atoms with Crippen LogP contribution in [0.25, 0.3) is 0 Å². The van der Waals surface area contributed by atoms with E-state index in [1.165, 1.54) is 12.1 Å². The molecule has 0 saturated carbocycles. The van der Waals surface area contributed by atoms with Crippen molar-refractivity contribution >= 4 is 33.2 Å². The van der Waals surface area contributed by atoms with Crippen LogP contribution in [0, 0.1) is 5.82 Å². The molecule has 1 atom stereocenters. The van der Waals surface area contributed by atoms with Crippen LogP contribution in [0.4, 0.5) is 10.1 Å². The topological polar surface area (TPSA) is 38.0 Å². The summed E-state index contributed by atoms with van der Waals surface area (Å²) in [6.07, 6.45) is 0. The second-order valence-electron chi connectivity index (χ2n) is 4.11. The number of hydrogen-bond donors (Lipinski definition) is 2. The van der Waals surface area contributed by atoms with Gasteiger partial charge >= 0.3 is 0 Å². The zero-order valence-electron chi connectivity index (χ0n) is 10.0. The van der Waals surface area contributed by atoms with Crippen molar-refractivity contribution in [2.24, 2.45) is 5.73 Å². The summed E-state index contributed by atoms with van der Waals surface area (Å²) in [5.74, 6) is -0.287. The molecular weight excluding hydrogens is 331 g/mol. The van der Waals surface area contributed by atoms with Gasteiger partial charge in [-0.15, -0.1) is 0 Å². The predicted molar refractivity (Wildman–Crippen MR) is 81.0 cm³/mol. The molecule has 0 fully saturated rings. The summed E-state index contributed by atoms with van der Waals surface area (Å²) in [5, 5.41) is 3.89. The number of halogens is 3. The Morgan fingerprint density at radius 1 is 1.26 bits per heavy atom. The van der Waals surface area contributed by atoms with Crippen molar-refractivity contribution in [1.29, 1.82) is 0 Å². The van der Waals surface area contributed by atoms with E-state index in [2.05, 4.69) is 21.2 Å². The van der Waals surface area contributed by atoms with E-state index in [-0.39, 0.29) is 11.9 Å². The third-order valence-corrected chi connectivity index (χ3v) is 3.69. The molecule has 5 heteroatoms. The Morgan fingerprint density at radius 2 is 2.05 bits per heavy atom. The van der Waals surface area contributed by atoms with E-state index in [1.807, 2.05) is 12.1 Å². The second kappa shape index (κ2) is 6.37. The van der Waals surface area contributed by atoms with Crippen LogP contribution in [-0.2, 0) is 0 Å². The summed E-state index contributed by atoms with van der Waals surface area (Å²) < 4.78 is 14.2. The summed E-state index contributed by atoms with van der Waals surface area (Å²) >= 11 is 9.34. The molecule has 3 N–H and O–H groups in total. The van der Waals surface area contributed by atoms with E-state index in [4.69, 9.17) is 17.3 Å². The van der Waals surface area contributed by atoms with Gasteiger partial charge in [0.25, 0.3) is 0 Å². The van der Waals surface area contributed by atoms with E-state index in [0.717, 1.165) is 15.7 Å². The lowest BCUT2D eigenvalue weighted by atomic mass is 10.1. The number of rotatable bonds is 4. The smallest absolute Gasteiger partial charge is 0.123 e. The average Bonchev–Trinajstić information content (AvgIpc) is 2.39. The molecule has 2 nitrogen and oxygen atoms in total. The van der Waals surface area contributed by atoms with Crippen LogP contribution < -0.4 is 11.1 Å². The highest BCUT2D eigenvalue weighted by molar-refractivity contribution is 9.10. The lowest BCUT2D eigenvalue weighted by molar-refractivity contribution is 0.621. The molecule has 19 heavy (non-hydrogen) atoms. The first-order chi connectivity index (χ1) is 9.10. The molecule has 0 aliphatic heterocycles. The minimum absolute atomic E-state index is 0.191. The lowest BCUT2D eigenvalue weighted by Crippen LogP contribution is -2.21. The first kappa shape index (κ1) is 14.3. The van der Waals surface area contributed by atoms with Gasteiger partial charge in [-0.25, -0.2) is 4.39 Å². The van der Waals surface area contributed by atoms with Crippen LogP contribution in [-0.4, -0.2) is 6.54 Å². The highest BCUT2D eigenvalue weighted by Gasteiger charge is 2.14. The largest absolute Gasteiger partial charge is 0.377 e. The SMILES string of the molecule is NCC(Nc1cccc(Cl)c1)c1cc(F)ccc1Br. The molecule has 100 valence electrons. The molecule has 1 unspecified atom stereocenters. The Bertz CT molecular complexity index is 577. The molecule has 2 rings (SSSR count). The molecule has 0 heterocycles. The van der Waals surface area contributed by atoms with Crippen LogP contribution in [0.1, 0.15) is 11.6 Å². The fourth-order valence-corrected chi connectivity index (χ4v) is 2.54. The maximum absolute atomic E-state index is 13.3. The van der Waals surface area contributed by atoms with Gasteiger partial charge in [-0.1, -0.05) is 33.6 Å². The lowest BCUT2D eigenvalue weighted by Gasteiger charge is -2.20. The fraction of sp³-hybridized carbons (Fsp3) is 0.143. The van der Waals surface area contributed by atoms with Crippen molar-refractivity contribution in [3.63, 3.8) is 0 Å². The minimum atomic E-state index is -0.287. The minimum Gasteiger partial charge on any atom is -0.377 e. The Kier molecular flexibility index (Phi) is 4.80. The fourth-order valence-electron chi connectivity index (χ4n) is 1.82. The summed E-state index contributed by atoms with van der Waals surface area (Å²) in [4.78, 5) is 0. The molecule has 0 amide bonds. The van der Waals surface area contributed by atoms with Crippen LogP contribution in [0.5, 0.6) is 0 Å². The summed E-state index contributed by atoms with van der Waals surface area (Å²) in [6, 6.07) is 11.7. The molecule has 0 spiro atoms. The zero-order valence-corrected chi connectivity index (χ0v) is 12.4. The molecule has 0 saturated heterocycles. The first-order valence-electron chi connectivity index (χ1n) is 5.77. The van der Waals surface area contributed by atoms with Gasteiger partial charge < -0.3 is 11.1 Å². The third-order valence-electron chi connectivity index (χ3n) is 2.73. The number of nitrogens with one attached hydrogen (secondary N) is 1. The van der Waals surface area contributed by atoms with Crippen molar-refractivity contribution in [1.82, 2.24) is 0 Å².